The summed E-state index contributed by atoms with van der Waals surface area (Å²) in [7, 11) is 4.67. The number of thiophene rings is 1. The number of ether oxygens (including phenoxy) is 4. The average Bonchev–Trinajstić information content (AvgIpc) is 3.61. The molecule has 2 aliphatic carbocycles. The normalized spacial score (nSPS) is 22.0. The first-order valence-corrected chi connectivity index (χ1v) is 13.6. The molecule has 1 N–H and O–H groups in total. The van der Waals surface area contributed by atoms with Crippen molar-refractivity contribution in [3.63, 3.8) is 0 Å². The minimum atomic E-state index is -0.601. The van der Waals surface area contributed by atoms with Crippen LogP contribution in [0.1, 0.15) is 67.7 Å². The van der Waals surface area contributed by atoms with Gasteiger partial charge in [0.2, 0.25) is 5.75 Å². The Labute approximate surface area is 221 Å². The van der Waals surface area contributed by atoms with E-state index in [1.54, 1.807) is 32.7 Å². The summed E-state index contributed by atoms with van der Waals surface area (Å²) in [5.74, 6) is 0.562. The van der Waals surface area contributed by atoms with E-state index in [4.69, 9.17) is 18.9 Å². The first kappa shape index (κ1) is 25.4. The first-order valence-electron chi connectivity index (χ1n) is 12.7. The topological polar surface area (TPSA) is 83.1 Å². The first-order chi connectivity index (χ1) is 17.9. The Balaban J connectivity index is 1.62. The van der Waals surface area contributed by atoms with Crippen LogP contribution in [-0.2, 0) is 14.3 Å². The maximum atomic E-state index is 13.8. The van der Waals surface area contributed by atoms with E-state index in [1.807, 2.05) is 30.5 Å². The molecule has 1 aliphatic heterocycles. The lowest BCUT2D eigenvalue weighted by molar-refractivity contribution is -0.144. The summed E-state index contributed by atoms with van der Waals surface area (Å²) < 4.78 is 22.7. The van der Waals surface area contributed by atoms with Gasteiger partial charge >= 0.3 is 5.97 Å². The van der Waals surface area contributed by atoms with Crippen molar-refractivity contribution in [1.82, 2.24) is 5.32 Å². The third-order valence-electron chi connectivity index (χ3n) is 7.59. The van der Waals surface area contributed by atoms with Gasteiger partial charge in [-0.3, -0.25) is 4.79 Å². The van der Waals surface area contributed by atoms with Crippen LogP contribution in [0.25, 0.3) is 0 Å². The van der Waals surface area contributed by atoms with Crippen LogP contribution in [0.2, 0.25) is 0 Å². The number of benzene rings is 1. The standard InChI is InChI=1S/C29H33NO6S/c1-16-25(29(32)36-19-8-5-6-9-19)26(18-14-22(33-2)28(35-4)23(15-18)34-3)27-20(30-16)12-17(13-21(27)31)24-10-7-11-37-24/h7,10-11,14-15,17,19,26,30H,5-6,8-9,12-13H2,1-4H3/t17-,26-/m0/s1. The zero-order valence-electron chi connectivity index (χ0n) is 21.7. The number of methoxy groups -OCH3 is 3. The Morgan fingerprint density at radius 3 is 2.32 bits per heavy atom. The van der Waals surface area contributed by atoms with Gasteiger partial charge in [-0.15, -0.1) is 11.3 Å². The molecule has 0 amide bonds. The lowest BCUT2D eigenvalue weighted by atomic mass is 9.72. The lowest BCUT2D eigenvalue weighted by Gasteiger charge is -2.37. The van der Waals surface area contributed by atoms with Crippen molar-refractivity contribution in [1.29, 1.82) is 0 Å². The van der Waals surface area contributed by atoms with E-state index in [9.17, 15) is 9.59 Å². The SMILES string of the molecule is COc1cc([C@H]2C(C(=O)OC3CCCC3)=C(C)NC3=C2C(=O)C[C@@H](c2cccs2)C3)cc(OC)c1OC. The number of Topliss-reactive ketones (excluding diaryl/α,β-unsaturated/α-hetero) is 1. The molecule has 0 radical (unpaired) electrons. The molecule has 2 aromatic rings. The van der Waals surface area contributed by atoms with Gasteiger partial charge in [0.25, 0.3) is 0 Å². The number of hydrogen-bond donors (Lipinski definition) is 1. The van der Waals surface area contributed by atoms with Gasteiger partial charge in [0.05, 0.1) is 26.9 Å². The molecular weight excluding hydrogens is 490 g/mol. The van der Waals surface area contributed by atoms with Gasteiger partial charge in [0.1, 0.15) is 6.10 Å². The van der Waals surface area contributed by atoms with Gasteiger partial charge in [-0.1, -0.05) is 6.07 Å². The van der Waals surface area contributed by atoms with Crippen molar-refractivity contribution < 1.29 is 28.5 Å². The predicted molar refractivity (Wildman–Crippen MR) is 141 cm³/mol. The van der Waals surface area contributed by atoms with E-state index in [2.05, 4.69) is 11.4 Å². The monoisotopic (exact) mass is 523 g/mol. The fraction of sp³-hybridized carbons (Fsp3) is 0.448. The van der Waals surface area contributed by atoms with Gasteiger partial charge in [0, 0.05) is 40.1 Å². The van der Waals surface area contributed by atoms with E-state index in [1.165, 1.54) is 4.88 Å². The largest absolute Gasteiger partial charge is 0.493 e. The van der Waals surface area contributed by atoms with Crippen molar-refractivity contribution in [3.05, 3.63) is 62.6 Å². The van der Waals surface area contributed by atoms with Crippen molar-refractivity contribution in [2.75, 3.05) is 21.3 Å². The maximum absolute atomic E-state index is 13.8. The lowest BCUT2D eigenvalue weighted by Crippen LogP contribution is -2.36. The predicted octanol–water partition coefficient (Wildman–Crippen LogP) is 5.62. The van der Waals surface area contributed by atoms with E-state index in [-0.39, 0.29) is 23.8 Å². The van der Waals surface area contributed by atoms with Crippen LogP contribution < -0.4 is 19.5 Å². The fourth-order valence-corrected chi connectivity index (χ4v) is 6.69. The Kier molecular flexibility index (Phi) is 7.29. The quantitative estimate of drug-likeness (QED) is 0.472. The third kappa shape index (κ3) is 4.75. The van der Waals surface area contributed by atoms with E-state index in [0.29, 0.717) is 46.9 Å². The summed E-state index contributed by atoms with van der Waals surface area (Å²) in [6.07, 6.45) is 4.86. The van der Waals surface area contributed by atoms with Crippen molar-refractivity contribution in [2.24, 2.45) is 0 Å². The van der Waals surface area contributed by atoms with Gasteiger partial charge in [0.15, 0.2) is 17.3 Å². The Morgan fingerprint density at radius 2 is 1.73 bits per heavy atom. The molecule has 0 spiro atoms. The summed E-state index contributed by atoms with van der Waals surface area (Å²) in [5.41, 5.74) is 3.38. The summed E-state index contributed by atoms with van der Waals surface area (Å²) >= 11 is 1.67. The number of carbonyl (C=O) groups excluding carboxylic acids is 2. The number of dihydropyridines is 1. The van der Waals surface area contributed by atoms with Crippen LogP contribution in [0.4, 0.5) is 0 Å². The molecule has 0 unspecified atom stereocenters. The Bertz CT molecular complexity index is 1230. The number of allylic oxidation sites excluding steroid dienone is 3. The maximum Gasteiger partial charge on any atom is 0.337 e. The van der Waals surface area contributed by atoms with Gasteiger partial charge in [-0.25, -0.2) is 4.79 Å². The van der Waals surface area contributed by atoms with Crippen LogP contribution in [0.15, 0.2) is 52.2 Å². The molecule has 1 saturated carbocycles. The Morgan fingerprint density at radius 1 is 1.03 bits per heavy atom. The third-order valence-corrected chi connectivity index (χ3v) is 8.62. The van der Waals surface area contributed by atoms with Crippen LogP contribution in [-0.4, -0.2) is 39.2 Å². The van der Waals surface area contributed by atoms with Crippen molar-refractivity contribution in [3.8, 4) is 17.2 Å². The molecule has 0 bridgehead atoms. The molecule has 0 saturated heterocycles. The number of nitrogens with one attached hydrogen (secondary N) is 1. The van der Waals surface area contributed by atoms with Crippen LogP contribution in [0.5, 0.6) is 17.2 Å². The van der Waals surface area contributed by atoms with E-state index in [0.717, 1.165) is 36.9 Å². The molecule has 5 rings (SSSR count). The zero-order chi connectivity index (χ0) is 26.1. The van der Waals surface area contributed by atoms with Crippen molar-refractivity contribution in [2.45, 2.75) is 63.4 Å². The summed E-state index contributed by atoms with van der Waals surface area (Å²) in [6, 6.07) is 7.76. The van der Waals surface area contributed by atoms with Crippen LogP contribution >= 0.6 is 11.3 Å². The second-order valence-corrected chi connectivity index (χ2v) is 10.8. The molecule has 2 heterocycles. The number of hydrogen-bond acceptors (Lipinski definition) is 8. The summed E-state index contributed by atoms with van der Waals surface area (Å²) in [4.78, 5) is 28.7. The zero-order valence-corrected chi connectivity index (χ0v) is 22.5. The smallest absolute Gasteiger partial charge is 0.337 e. The second kappa shape index (κ2) is 10.6. The highest BCUT2D eigenvalue weighted by atomic mass is 32.1. The highest BCUT2D eigenvalue weighted by Crippen LogP contribution is 2.49. The molecule has 1 aromatic carbocycles. The van der Waals surface area contributed by atoms with Gasteiger partial charge in [-0.2, -0.15) is 0 Å². The summed E-state index contributed by atoms with van der Waals surface area (Å²) in [6.45, 7) is 1.89. The highest BCUT2D eigenvalue weighted by molar-refractivity contribution is 7.10. The number of rotatable bonds is 7. The minimum absolute atomic E-state index is 0.0320. The second-order valence-electron chi connectivity index (χ2n) is 9.80. The van der Waals surface area contributed by atoms with Crippen LogP contribution in [0.3, 0.4) is 0 Å². The van der Waals surface area contributed by atoms with Gasteiger partial charge < -0.3 is 24.3 Å². The molecule has 1 aromatic heterocycles. The van der Waals surface area contributed by atoms with Gasteiger partial charge in [-0.05, 0) is 68.2 Å². The van der Waals surface area contributed by atoms with Crippen LogP contribution in [0, 0.1) is 0 Å². The number of carbonyl (C=O) groups is 2. The number of ketones is 1. The minimum Gasteiger partial charge on any atom is -0.493 e. The molecule has 3 aliphatic rings. The van der Waals surface area contributed by atoms with Crippen molar-refractivity contribution >= 4 is 23.1 Å². The van der Waals surface area contributed by atoms with E-state index >= 15 is 0 Å². The fourth-order valence-electron chi connectivity index (χ4n) is 5.86. The molecule has 196 valence electrons. The molecule has 7 nitrogen and oxygen atoms in total. The molecule has 1 fully saturated rings. The Hall–Kier alpha value is -3.26. The highest BCUT2D eigenvalue weighted by Gasteiger charge is 2.42. The molecule has 37 heavy (non-hydrogen) atoms. The molecular formula is C29H33NO6S. The number of esters is 1. The average molecular weight is 524 g/mol. The van der Waals surface area contributed by atoms with E-state index < -0.39 is 5.92 Å². The molecule has 2 atom stereocenters. The molecule has 8 heteroatoms. The summed E-state index contributed by atoms with van der Waals surface area (Å²) in [5, 5.41) is 5.47.